The fourth-order valence-corrected chi connectivity index (χ4v) is 2.92. The van der Waals surface area contributed by atoms with Crippen LogP contribution in [0.5, 0.6) is 5.75 Å². The number of nitrogens with zero attached hydrogens (tertiary/aromatic N) is 2. The smallest absolute Gasteiger partial charge is 0.120 e. The van der Waals surface area contributed by atoms with Crippen molar-refractivity contribution in [2.75, 3.05) is 26.8 Å². The zero-order chi connectivity index (χ0) is 15.4. The van der Waals surface area contributed by atoms with Crippen LogP contribution in [0.2, 0.25) is 0 Å². The molecule has 1 N–H and O–H groups in total. The first-order chi connectivity index (χ1) is 10.7. The molecule has 1 atom stereocenters. The largest absolute Gasteiger partial charge is 0.491 e. The van der Waals surface area contributed by atoms with Crippen LogP contribution >= 0.6 is 0 Å². The summed E-state index contributed by atoms with van der Waals surface area (Å²) in [5.74, 6) is 1.90. The number of imidazole rings is 1. The van der Waals surface area contributed by atoms with Gasteiger partial charge in [0.2, 0.25) is 0 Å². The van der Waals surface area contributed by atoms with E-state index in [1.165, 1.54) is 5.56 Å². The van der Waals surface area contributed by atoms with Crippen molar-refractivity contribution >= 4 is 0 Å². The number of likely N-dealkylation sites (tertiary alicyclic amines) is 1. The molecule has 3 rings (SSSR count). The van der Waals surface area contributed by atoms with Crippen molar-refractivity contribution < 1.29 is 9.47 Å². The Morgan fingerprint density at radius 1 is 1.41 bits per heavy atom. The van der Waals surface area contributed by atoms with E-state index in [1.807, 2.05) is 18.3 Å². The van der Waals surface area contributed by atoms with Gasteiger partial charge in [-0.1, -0.05) is 12.1 Å². The van der Waals surface area contributed by atoms with Gasteiger partial charge in [0.1, 0.15) is 23.8 Å². The average molecular weight is 301 g/mol. The molecule has 1 aliphatic heterocycles. The standard InChI is InChI=1S/C17H23N3O2/c1-14-4-3-5-15(10-14)22-13-17(21-2)6-9-20(12-17)11-16-18-7-8-19-16/h3-5,7-8,10H,6,9,11-13H2,1-2H3,(H,18,19). The summed E-state index contributed by atoms with van der Waals surface area (Å²) in [6, 6.07) is 8.13. The molecule has 5 nitrogen and oxygen atoms in total. The molecule has 1 aromatic carbocycles. The molecule has 1 unspecified atom stereocenters. The Hall–Kier alpha value is -1.85. The predicted octanol–water partition coefficient (Wildman–Crippen LogP) is 2.39. The minimum absolute atomic E-state index is 0.240. The number of H-pyrrole nitrogens is 1. The number of hydrogen-bond donors (Lipinski definition) is 1. The fraction of sp³-hybridized carbons (Fsp3) is 0.471. The van der Waals surface area contributed by atoms with Crippen LogP contribution in [0.1, 0.15) is 17.8 Å². The van der Waals surface area contributed by atoms with Gasteiger partial charge in [-0.25, -0.2) is 4.98 Å². The SMILES string of the molecule is COC1(COc2cccc(C)c2)CCN(Cc2ncc[nH]2)C1. The van der Waals surface area contributed by atoms with E-state index in [1.54, 1.807) is 13.3 Å². The summed E-state index contributed by atoms with van der Waals surface area (Å²) in [4.78, 5) is 9.79. The number of aromatic nitrogens is 2. The Balaban J connectivity index is 1.58. The average Bonchev–Trinajstić information content (AvgIpc) is 3.16. The van der Waals surface area contributed by atoms with Crippen LogP contribution < -0.4 is 4.74 Å². The summed E-state index contributed by atoms with van der Waals surface area (Å²) in [6.45, 7) is 5.31. The van der Waals surface area contributed by atoms with Gasteiger partial charge in [0.05, 0.1) is 6.54 Å². The van der Waals surface area contributed by atoms with Gasteiger partial charge in [-0.05, 0) is 31.0 Å². The van der Waals surface area contributed by atoms with E-state index >= 15 is 0 Å². The van der Waals surface area contributed by atoms with Crippen molar-refractivity contribution in [2.24, 2.45) is 0 Å². The highest BCUT2D eigenvalue weighted by molar-refractivity contribution is 5.27. The van der Waals surface area contributed by atoms with Gasteiger partial charge in [0, 0.05) is 32.6 Å². The number of ether oxygens (including phenoxy) is 2. The summed E-state index contributed by atoms with van der Waals surface area (Å²) >= 11 is 0. The third-order valence-corrected chi connectivity index (χ3v) is 4.25. The first kappa shape index (κ1) is 15.1. The number of methoxy groups -OCH3 is 1. The molecule has 22 heavy (non-hydrogen) atoms. The lowest BCUT2D eigenvalue weighted by molar-refractivity contribution is -0.0360. The molecule has 2 heterocycles. The topological polar surface area (TPSA) is 50.4 Å². The lowest BCUT2D eigenvalue weighted by Crippen LogP contribution is -2.41. The molecule has 0 radical (unpaired) electrons. The number of hydrogen-bond acceptors (Lipinski definition) is 4. The molecule has 0 aliphatic carbocycles. The lowest BCUT2D eigenvalue weighted by Gasteiger charge is -2.28. The van der Waals surface area contributed by atoms with Crippen LogP contribution in [0.25, 0.3) is 0 Å². The highest BCUT2D eigenvalue weighted by Crippen LogP contribution is 2.27. The van der Waals surface area contributed by atoms with Gasteiger partial charge >= 0.3 is 0 Å². The first-order valence-electron chi connectivity index (χ1n) is 7.64. The number of rotatable bonds is 6. The van der Waals surface area contributed by atoms with Gasteiger partial charge in [-0.15, -0.1) is 0 Å². The molecule has 0 bridgehead atoms. The maximum Gasteiger partial charge on any atom is 0.120 e. The van der Waals surface area contributed by atoms with E-state index in [4.69, 9.17) is 9.47 Å². The summed E-state index contributed by atoms with van der Waals surface area (Å²) in [5.41, 5.74) is 0.964. The molecule has 1 aromatic heterocycles. The molecule has 118 valence electrons. The van der Waals surface area contributed by atoms with E-state index in [-0.39, 0.29) is 5.60 Å². The van der Waals surface area contributed by atoms with Crippen LogP contribution in [0, 0.1) is 6.92 Å². The van der Waals surface area contributed by atoms with Crippen LogP contribution in [-0.2, 0) is 11.3 Å². The molecule has 0 spiro atoms. The lowest BCUT2D eigenvalue weighted by atomic mass is 10.0. The summed E-state index contributed by atoms with van der Waals surface area (Å²) in [5, 5.41) is 0. The number of aryl methyl sites for hydroxylation is 1. The van der Waals surface area contributed by atoms with Crippen LogP contribution in [0.3, 0.4) is 0 Å². The molecule has 5 heteroatoms. The molecule has 0 saturated carbocycles. The Labute approximate surface area is 131 Å². The van der Waals surface area contributed by atoms with Gasteiger partial charge in [0.15, 0.2) is 0 Å². The monoisotopic (exact) mass is 301 g/mol. The molecule has 1 fully saturated rings. The zero-order valence-corrected chi connectivity index (χ0v) is 13.2. The highest BCUT2D eigenvalue weighted by atomic mass is 16.5. The number of aromatic amines is 1. The second-order valence-corrected chi connectivity index (χ2v) is 5.99. The molecular weight excluding hydrogens is 278 g/mol. The Bertz CT molecular complexity index is 600. The maximum absolute atomic E-state index is 5.97. The molecule has 2 aromatic rings. The van der Waals surface area contributed by atoms with Crippen LogP contribution in [-0.4, -0.2) is 47.3 Å². The first-order valence-corrected chi connectivity index (χ1v) is 7.64. The Morgan fingerprint density at radius 3 is 3.05 bits per heavy atom. The van der Waals surface area contributed by atoms with Crippen molar-refractivity contribution in [2.45, 2.75) is 25.5 Å². The molecule has 0 amide bonds. The van der Waals surface area contributed by atoms with Crippen molar-refractivity contribution in [1.29, 1.82) is 0 Å². The minimum atomic E-state index is -0.240. The molecule has 1 aliphatic rings. The molecule has 1 saturated heterocycles. The van der Waals surface area contributed by atoms with Crippen molar-refractivity contribution in [3.63, 3.8) is 0 Å². The minimum Gasteiger partial charge on any atom is -0.491 e. The number of nitrogens with one attached hydrogen (secondary N) is 1. The van der Waals surface area contributed by atoms with E-state index in [0.717, 1.165) is 37.6 Å². The summed E-state index contributed by atoms with van der Waals surface area (Å²) in [6.07, 6.45) is 4.61. The predicted molar refractivity (Wildman–Crippen MR) is 84.9 cm³/mol. The van der Waals surface area contributed by atoms with Crippen LogP contribution in [0.4, 0.5) is 0 Å². The fourth-order valence-electron chi connectivity index (χ4n) is 2.92. The highest BCUT2D eigenvalue weighted by Gasteiger charge is 2.39. The summed E-state index contributed by atoms with van der Waals surface area (Å²) < 4.78 is 11.8. The maximum atomic E-state index is 5.97. The third kappa shape index (κ3) is 3.48. The van der Waals surface area contributed by atoms with E-state index in [9.17, 15) is 0 Å². The van der Waals surface area contributed by atoms with Crippen molar-refractivity contribution in [1.82, 2.24) is 14.9 Å². The van der Waals surface area contributed by atoms with E-state index in [0.29, 0.717) is 6.61 Å². The van der Waals surface area contributed by atoms with Crippen LogP contribution in [0.15, 0.2) is 36.7 Å². The van der Waals surface area contributed by atoms with Crippen molar-refractivity contribution in [3.05, 3.63) is 48.0 Å². The normalized spacial score (nSPS) is 22.1. The number of benzene rings is 1. The second-order valence-electron chi connectivity index (χ2n) is 5.99. The zero-order valence-electron chi connectivity index (χ0n) is 13.2. The van der Waals surface area contributed by atoms with Gasteiger partial charge in [-0.3, -0.25) is 4.90 Å². The summed E-state index contributed by atoms with van der Waals surface area (Å²) in [7, 11) is 1.77. The van der Waals surface area contributed by atoms with Crippen molar-refractivity contribution in [3.8, 4) is 5.75 Å². The van der Waals surface area contributed by atoms with E-state index in [2.05, 4.69) is 33.9 Å². The van der Waals surface area contributed by atoms with Gasteiger partial charge in [-0.2, -0.15) is 0 Å². The second kappa shape index (κ2) is 6.50. The third-order valence-electron chi connectivity index (χ3n) is 4.25. The Kier molecular flexibility index (Phi) is 4.45. The van der Waals surface area contributed by atoms with E-state index < -0.39 is 0 Å². The van der Waals surface area contributed by atoms with Gasteiger partial charge in [0.25, 0.3) is 0 Å². The van der Waals surface area contributed by atoms with Gasteiger partial charge < -0.3 is 14.5 Å². The molecular formula is C17H23N3O2. The quantitative estimate of drug-likeness (QED) is 0.890. The Morgan fingerprint density at radius 2 is 2.32 bits per heavy atom.